The van der Waals surface area contributed by atoms with E-state index in [-0.39, 0.29) is 5.54 Å². The monoisotopic (exact) mass is 283 g/mol. The highest BCUT2D eigenvalue weighted by molar-refractivity contribution is 9.10. The average Bonchev–Trinajstić information content (AvgIpc) is 2.93. The third-order valence-corrected chi connectivity index (χ3v) is 4.78. The normalized spacial score (nSPS) is 17.5. The van der Waals surface area contributed by atoms with Gasteiger partial charge in [-0.15, -0.1) is 0 Å². The number of phenols is 1. The number of aromatic hydroxyl groups is 1. The molecule has 1 aromatic carbocycles. The predicted molar refractivity (Wildman–Crippen MR) is 69.8 cm³/mol. The molecule has 1 aromatic rings. The summed E-state index contributed by atoms with van der Waals surface area (Å²) in [7, 11) is 0. The summed E-state index contributed by atoms with van der Waals surface area (Å²) in [5, 5.41) is 9.95. The van der Waals surface area contributed by atoms with Gasteiger partial charge in [-0.05, 0) is 62.3 Å². The largest absolute Gasteiger partial charge is 0.508 e. The van der Waals surface area contributed by atoms with Crippen LogP contribution in [0.25, 0.3) is 0 Å². The van der Waals surface area contributed by atoms with Crippen LogP contribution in [0.4, 0.5) is 0 Å². The van der Waals surface area contributed by atoms with Crippen molar-refractivity contribution in [2.24, 2.45) is 5.73 Å². The number of rotatable bonds is 3. The van der Waals surface area contributed by atoms with Crippen LogP contribution in [-0.2, 0) is 6.42 Å². The first-order valence-corrected chi connectivity index (χ1v) is 6.49. The van der Waals surface area contributed by atoms with Crippen LogP contribution in [0, 0.1) is 13.8 Å². The van der Waals surface area contributed by atoms with E-state index >= 15 is 0 Å². The van der Waals surface area contributed by atoms with Gasteiger partial charge in [0.15, 0.2) is 0 Å². The second-order valence-electron chi connectivity index (χ2n) is 4.99. The van der Waals surface area contributed by atoms with Gasteiger partial charge in [0.1, 0.15) is 5.75 Å². The highest BCUT2D eigenvalue weighted by Gasteiger charge is 2.37. The quantitative estimate of drug-likeness (QED) is 0.895. The Bertz CT molecular complexity index is 424. The fraction of sp³-hybridized carbons (Fsp3) is 0.538. The summed E-state index contributed by atoms with van der Waals surface area (Å²) in [5.41, 5.74) is 9.37. The van der Waals surface area contributed by atoms with Crippen LogP contribution in [0.5, 0.6) is 5.75 Å². The smallest absolute Gasteiger partial charge is 0.119 e. The molecule has 0 aromatic heterocycles. The summed E-state index contributed by atoms with van der Waals surface area (Å²) < 4.78 is 1.10. The highest BCUT2D eigenvalue weighted by atomic mass is 79.9. The van der Waals surface area contributed by atoms with Gasteiger partial charge in [-0.25, -0.2) is 0 Å². The van der Waals surface area contributed by atoms with E-state index in [1.54, 1.807) is 0 Å². The van der Waals surface area contributed by atoms with Gasteiger partial charge < -0.3 is 10.8 Å². The third kappa shape index (κ3) is 2.25. The van der Waals surface area contributed by atoms with Crippen molar-refractivity contribution in [3.63, 3.8) is 0 Å². The molecule has 1 aliphatic rings. The van der Waals surface area contributed by atoms with E-state index in [9.17, 15) is 5.11 Å². The standard InChI is InChI=1S/C13H18BrNO/c1-8-7-11(16)10(9(2)12(8)14)3-4-13(15)5-6-13/h7,16H,3-6,15H2,1-2H3. The molecule has 1 aliphatic carbocycles. The van der Waals surface area contributed by atoms with Crippen molar-refractivity contribution in [3.05, 3.63) is 27.2 Å². The number of hydrogen-bond acceptors (Lipinski definition) is 2. The zero-order valence-corrected chi connectivity index (χ0v) is 11.4. The molecule has 0 spiro atoms. The Morgan fingerprint density at radius 2 is 2.06 bits per heavy atom. The summed E-state index contributed by atoms with van der Waals surface area (Å²) in [6, 6.07) is 1.82. The minimum atomic E-state index is 0.0518. The number of hydrogen-bond donors (Lipinski definition) is 2. The topological polar surface area (TPSA) is 46.2 Å². The van der Waals surface area contributed by atoms with Gasteiger partial charge >= 0.3 is 0 Å². The Balaban J connectivity index is 2.22. The van der Waals surface area contributed by atoms with E-state index in [4.69, 9.17) is 5.73 Å². The third-order valence-electron chi connectivity index (χ3n) is 3.56. The van der Waals surface area contributed by atoms with E-state index in [0.717, 1.165) is 46.8 Å². The number of phenolic OH excluding ortho intramolecular Hbond substituents is 1. The lowest BCUT2D eigenvalue weighted by molar-refractivity contribution is 0.463. The van der Waals surface area contributed by atoms with Crippen LogP contribution in [0.2, 0.25) is 0 Å². The van der Waals surface area contributed by atoms with Crippen LogP contribution in [0.15, 0.2) is 10.5 Å². The molecule has 3 heteroatoms. The van der Waals surface area contributed by atoms with Crippen molar-refractivity contribution >= 4 is 15.9 Å². The molecule has 3 N–H and O–H groups in total. The fourth-order valence-electron chi connectivity index (χ4n) is 2.08. The molecule has 1 fully saturated rings. The molecule has 88 valence electrons. The van der Waals surface area contributed by atoms with Gasteiger partial charge in [-0.3, -0.25) is 0 Å². The van der Waals surface area contributed by atoms with E-state index in [2.05, 4.69) is 15.9 Å². The van der Waals surface area contributed by atoms with Crippen LogP contribution < -0.4 is 5.73 Å². The number of nitrogens with two attached hydrogens (primary N) is 1. The molecule has 0 aliphatic heterocycles. The molecule has 1 saturated carbocycles. The number of benzene rings is 1. The molecule has 2 nitrogen and oxygen atoms in total. The first kappa shape index (κ1) is 11.9. The molecule has 0 amide bonds. The second-order valence-corrected chi connectivity index (χ2v) is 5.79. The lowest BCUT2D eigenvalue weighted by atomic mass is 9.97. The summed E-state index contributed by atoms with van der Waals surface area (Å²) in [6.45, 7) is 4.04. The first-order chi connectivity index (χ1) is 7.43. The zero-order chi connectivity index (χ0) is 11.9. The maximum atomic E-state index is 9.95. The van der Waals surface area contributed by atoms with Gasteiger partial charge in [-0.1, -0.05) is 15.9 Å². The summed E-state index contributed by atoms with van der Waals surface area (Å²) in [4.78, 5) is 0. The number of halogens is 1. The molecule has 0 saturated heterocycles. The molecule has 0 bridgehead atoms. The maximum Gasteiger partial charge on any atom is 0.119 e. The van der Waals surface area contributed by atoms with Crippen LogP contribution in [0.3, 0.4) is 0 Å². The van der Waals surface area contributed by atoms with Crippen molar-refractivity contribution in [1.82, 2.24) is 0 Å². The first-order valence-electron chi connectivity index (χ1n) is 5.69. The van der Waals surface area contributed by atoms with Crippen molar-refractivity contribution in [1.29, 1.82) is 0 Å². The molecular weight excluding hydrogens is 266 g/mol. The molecular formula is C13H18BrNO. The predicted octanol–water partition coefficient (Wildman–Crippen LogP) is 3.20. The van der Waals surface area contributed by atoms with Gasteiger partial charge in [0.2, 0.25) is 0 Å². The minimum absolute atomic E-state index is 0.0518. The van der Waals surface area contributed by atoms with Gasteiger partial charge in [0.25, 0.3) is 0 Å². The molecule has 0 heterocycles. The molecule has 16 heavy (non-hydrogen) atoms. The summed E-state index contributed by atoms with van der Waals surface area (Å²) >= 11 is 3.56. The van der Waals surface area contributed by atoms with Gasteiger partial charge in [0.05, 0.1) is 0 Å². The van der Waals surface area contributed by atoms with Gasteiger partial charge in [-0.2, -0.15) is 0 Å². The summed E-state index contributed by atoms with van der Waals surface area (Å²) in [5.74, 6) is 0.405. The van der Waals surface area contributed by atoms with E-state index < -0.39 is 0 Å². The van der Waals surface area contributed by atoms with Crippen LogP contribution in [0.1, 0.15) is 36.0 Å². The Hall–Kier alpha value is -0.540. The van der Waals surface area contributed by atoms with Crippen molar-refractivity contribution in [2.75, 3.05) is 0 Å². The van der Waals surface area contributed by atoms with E-state index in [1.807, 2.05) is 19.9 Å². The average molecular weight is 284 g/mol. The molecule has 0 radical (unpaired) electrons. The Morgan fingerprint density at radius 3 is 2.62 bits per heavy atom. The highest BCUT2D eigenvalue weighted by Crippen LogP contribution is 2.39. The Labute approximate surface area is 105 Å². The van der Waals surface area contributed by atoms with E-state index in [1.165, 1.54) is 0 Å². The van der Waals surface area contributed by atoms with Crippen molar-refractivity contribution in [2.45, 2.75) is 45.1 Å². The van der Waals surface area contributed by atoms with Crippen molar-refractivity contribution < 1.29 is 5.11 Å². The van der Waals surface area contributed by atoms with E-state index in [0.29, 0.717) is 5.75 Å². The van der Waals surface area contributed by atoms with Gasteiger partial charge in [0, 0.05) is 10.0 Å². The molecule has 2 rings (SSSR count). The Kier molecular flexibility index (Phi) is 3.01. The fourth-order valence-corrected chi connectivity index (χ4v) is 2.43. The lowest BCUT2D eigenvalue weighted by Crippen LogP contribution is -2.22. The Morgan fingerprint density at radius 1 is 1.44 bits per heavy atom. The second kappa shape index (κ2) is 4.04. The minimum Gasteiger partial charge on any atom is -0.508 e. The molecule has 0 unspecified atom stereocenters. The zero-order valence-electron chi connectivity index (χ0n) is 9.81. The van der Waals surface area contributed by atoms with Crippen molar-refractivity contribution in [3.8, 4) is 5.75 Å². The maximum absolute atomic E-state index is 9.95. The summed E-state index contributed by atoms with van der Waals surface area (Å²) in [6.07, 6.45) is 4.09. The van der Waals surface area contributed by atoms with Crippen LogP contribution in [-0.4, -0.2) is 10.6 Å². The molecule has 0 atom stereocenters. The lowest BCUT2D eigenvalue weighted by Gasteiger charge is -2.14. The van der Waals surface area contributed by atoms with Crippen LogP contribution >= 0.6 is 15.9 Å². The number of aryl methyl sites for hydroxylation is 1. The SMILES string of the molecule is Cc1cc(O)c(CCC2(N)CC2)c(C)c1Br.